The summed E-state index contributed by atoms with van der Waals surface area (Å²) in [5, 5.41) is 7.38. The molecule has 1 aromatic heterocycles. The second-order valence-corrected chi connectivity index (χ2v) is 7.93. The third-order valence-corrected chi connectivity index (χ3v) is 4.49. The summed E-state index contributed by atoms with van der Waals surface area (Å²) in [5.74, 6) is 0.592. The molecule has 0 saturated carbocycles. The van der Waals surface area contributed by atoms with Gasteiger partial charge in [-0.3, -0.25) is 4.79 Å². The molecule has 0 unspecified atom stereocenters. The Morgan fingerprint density at radius 1 is 1.15 bits per heavy atom. The summed E-state index contributed by atoms with van der Waals surface area (Å²) < 4.78 is 5.34. The number of halogens is 1. The van der Waals surface area contributed by atoms with Crippen molar-refractivity contribution in [1.82, 2.24) is 15.5 Å². The molecule has 0 radical (unpaired) electrons. The Morgan fingerprint density at radius 3 is 2.48 bits per heavy atom. The number of nitrogens with zero attached hydrogens (tertiary/aromatic N) is 2. The van der Waals surface area contributed by atoms with E-state index in [9.17, 15) is 4.79 Å². The van der Waals surface area contributed by atoms with Crippen molar-refractivity contribution >= 4 is 17.5 Å². The highest BCUT2D eigenvalue weighted by molar-refractivity contribution is 6.30. The van der Waals surface area contributed by atoms with Gasteiger partial charge in [0.15, 0.2) is 0 Å². The number of hydrogen-bond donors (Lipinski definition) is 1. The van der Waals surface area contributed by atoms with Crippen LogP contribution in [-0.2, 0) is 5.41 Å². The summed E-state index contributed by atoms with van der Waals surface area (Å²) in [6.45, 7) is 8.29. The number of hydrogen-bond acceptors (Lipinski definition) is 4. The quantitative estimate of drug-likeness (QED) is 0.674. The fourth-order valence-electron chi connectivity index (χ4n) is 2.62. The van der Waals surface area contributed by atoms with Gasteiger partial charge in [0.25, 0.3) is 5.91 Å². The molecular weight excluding hydrogens is 362 g/mol. The van der Waals surface area contributed by atoms with Crippen molar-refractivity contribution in [3.8, 4) is 11.4 Å². The molecule has 1 N–H and O–H groups in total. The topological polar surface area (TPSA) is 68.0 Å². The van der Waals surface area contributed by atoms with Crippen molar-refractivity contribution in [3.05, 3.63) is 70.6 Å². The molecule has 1 heterocycles. The molecule has 2 aromatic carbocycles. The minimum atomic E-state index is -0.424. The maximum Gasteiger partial charge on any atom is 0.251 e. The van der Waals surface area contributed by atoms with Gasteiger partial charge in [0.2, 0.25) is 11.7 Å². The summed E-state index contributed by atoms with van der Waals surface area (Å²) in [5.41, 5.74) is 2.66. The summed E-state index contributed by atoms with van der Waals surface area (Å²) >= 11 is 5.93. The van der Waals surface area contributed by atoms with Crippen LogP contribution < -0.4 is 5.32 Å². The van der Waals surface area contributed by atoms with Crippen molar-refractivity contribution < 1.29 is 9.32 Å². The molecule has 6 heteroatoms. The average Bonchev–Trinajstić information content (AvgIpc) is 3.11. The molecule has 0 saturated heterocycles. The van der Waals surface area contributed by atoms with Crippen LogP contribution in [0.25, 0.3) is 11.4 Å². The minimum Gasteiger partial charge on any atom is -0.341 e. The van der Waals surface area contributed by atoms with E-state index in [0.29, 0.717) is 22.3 Å². The molecule has 1 amide bonds. The van der Waals surface area contributed by atoms with Gasteiger partial charge in [0.1, 0.15) is 6.04 Å². The summed E-state index contributed by atoms with van der Waals surface area (Å²) in [4.78, 5) is 16.7. The van der Waals surface area contributed by atoms with Crippen LogP contribution in [0, 0.1) is 0 Å². The Kier molecular flexibility index (Phi) is 5.33. The van der Waals surface area contributed by atoms with Gasteiger partial charge in [0.05, 0.1) is 0 Å². The average molecular weight is 384 g/mol. The van der Waals surface area contributed by atoms with E-state index < -0.39 is 6.04 Å². The van der Waals surface area contributed by atoms with Crippen LogP contribution in [0.2, 0.25) is 5.02 Å². The molecule has 0 aliphatic rings. The zero-order valence-electron chi connectivity index (χ0n) is 15.8. The number of carbonyl (C=O) groups is 1. The molecule has 0 bridgehead atoms. The van der Waals surface area contributed by atoms with Gasteiger partial charge >= 0.3 is 0 Å². The lowest BCUT2D eigenvalue weighted by Crippen LogP contribution is -2.26. The predicted octanol–water partition coefficient (Wildman–Crippen LogP) is 5.18. The maximum atomic E-state index is 12.3. The third-order valence-electron chi connectivity index (χ3n) is 4.26. The van der Waals surface area contributed by atoms with Crippen LogP contribution >= 0.6 is 11.6 Å². The monoisotopic (exact) mass is 383 g/mol. The van der Waals surface area contributed by atoms with E-state index in [0.717, 1.165) is 5.56 Å². The zero-order valence-corrected chi connectivity index (χ0v) is 16.5. The Hall–Kier alpha value is -2.66. The lowest BCUT2D eigenvalue weighted by molar-refractivity contribution is 0.0932. The molecule has 3 rings (SSSR count). The van der Waals surface area contributed by atoms with Crippen LogP contribution in [0.3, 0.4) is 0 Å². The Balaban J connectivity index is 1.72. The number of rotatable bonds is 4. The third kappa shape index (κ3) is 4.55. The summed E-state index contributed by atoms with van der Waals surface area (Å²) in [6, 6.07) is 14.4. The van der Waals surface area contributed by atoms with Crippen LogP contribution in [0.1, 0.15) is 55.5 Å². The van der Waals surface area contributed by atoms with Crippen LogP contribution in [-0.4, -0.2) is 16.0 Å². The second kappa shape index (κ2) is 7.53. The van der Waals surface area contributed by atoms with E-state index in [4.69, 9.17) is 16.1 Å². The normalized spacial score (nSPS) is 12.6. The van der Waals surface area contributed by atoms with Gasteiger partial charge < -0.3 is 9.84 Å². The lowest BCUT2D eigenvalue weighted by atomic mass is 9.87. The molecule has 140 valence electrons. The van der Waals surface area contributed by atoms with E-state index in [1.54, 1.807) is 31.2 Å². The largest absolute Gasteiger partial charge is 0.341 e. The Bertz CT molecular complexity index is 943. The highest BCUT2D eigenvalue weighted by Crippen LogP contribution is 2.25. The van der Waals surface area contributed by atoms with Gasteiger partial charge in [0, 0.05) is 16.1 Å². The predicted molar refractivity (Wildman–Crippen MR) is 106 cm³/mol. The first-order valence-corrected chi connectivity index (χ1v) is 9.13. The highest BCUT2D eigenvalue weighted by atomic mass is 35.5. The molecule has 0 fully saturated rings. The molecule has 0 aliphatic heterocycles. The first kappa shape index (κ1) is 19.1. The van der Waals surface area contributed by atoms with Crippen molar-refractivity contribution in [2.45, 2.75) is 39.2 Å². The molecule has 3 aromatic rings. The van der Waals surface area contributed by atoms with Crippen LogP contribution in [0.15, 0.2) is 53.1 Å². The maximum absolute atomic E-state index is 12.3. The van der Waals surface area contributed by atoms with E-state index in [2.05, 4.69) is 48.4 Å². The number of benzene rings is 2. The SMILES string of the molecule is C[C@H](NC(=O)c1cccc(Cl)c1)c1nc(-c2ccc(C(C)(C)C)cc2)no1. The Labute approximate surface area is 163 Å². The first-order valence-electron chi connectivity index (χ1n) is 8.75. The second-order valence-electron chi connectivity index (χ2n) is 7.49. The van der Waals surface area contributed by atoms with Crippen molar-refractivity contribution in [1.29, 1.82) is 0 Å². The van der Waals surface area contributed by atoms with Crippen molar-refractivity contribution in [3.63, 3.8) is 0 Å². The summed E-state index contributed by atoms with van der Waals surface area (Å²) in [6.07, 6.45) is 0. The number of nitrogens with one attached hydrogen (secondary N) is 1. The minimum absolute atomic E-state index is 0.0834. The first-order chi connectivity index (χ1) is 12.7. The van der Waals surface area contributed by atoms with Crippen molar-refractivity contribution in [2.75, 3.05) is 0 Å². The number of aromatic nitrogens is 2. The molecule has 1 atom stereocenters. The van der Waals surface area contributed by atoms with Gasteiger partial charge in [-0.1, -0.05) is 67.9 Å². The highest BCUT2D eigenvalue weighted by Gasteiger charge is 2.19. The molecule has 0 spiro atoms. The van der Waals surface area contributed by atoms with Crippen molar-refractivity contribution in [2.24, 2.45) is 0 Å². The van der Waals surface area contributed by atoms with Gasteiger partial charge in [-0.05, 0) is 36.1 Å². The Morgan fingerprint density at radius 2 is 1.85 bits per heavy atom. The van der Waals surface area contributed by atoms with Gasteiger partial charge in [-0.2, -0.15) is 4.98 Å². The van der Waals surface area contributed by atoms with Crippen LogP contribution in [0.4, 0.5) is 0 Å². The molecule has 27 heavy (non-hydrogen) atoms. The smallest absolute Gasteiger partial charge is 0.251 e. The number of amides is 1. The summed E-state index contributed by atoms with van der Waals surface area (Å²) in [7, 11) is 0. The fourth-order valence-corrected chi connectivity index (χ4v) is 2.81. The molecule has 5 nitrogen and oxygen atoms in total. The zero-order chi connectivity index (χ0) is 19.6. The van der Waals surface area contributed by atoms with E-state index in [-0.39, 0.29) is 11.3 Å². The fraction of sp³-hybridized carbons (Fsp3) is 0.286. The standard InChI is InChI=1S/C21H22ClN3O2/c1-13(23-19(26)15-6-5-7-17(22)12-15)20-24-18(25-27-20)14-8-10-16(11-9-14)21(2,3)4/h5-13H,1-4H3,(H,23,26)/t13-/m0/s1. The van der Waals surface area contributed by atoms with Crippen LogP contribution in [0.5, 0.6) is 0 Å². The van der Waals surface area contributed by atoms with Gasteiger partial charge in [-0.15, -0.1) is 0 Å². The van der Waals surface area contributed by atoms with Gasteiger partial charge in [-0.25, -0.2) is 0 Å². The molecular formula is C21H22ClN3O2. The van der Waals surface area contributed by atoms with E-state index in [1.807, 2.05) is 12.1 Å². The van der Waals surface area contributed by atoms with E-state index >= 15 is 0 Å². The lowest BCUT2D eigenvalue weighted by Gasteiger charge is -2.18. The van der Waals surface area contributed by atoms with E-state index in [1.165, 1.54) is 5.56 Å². The number of carbonyl (C=O) groups excluding carboxylic acids is 1. The molecule has 0 aliphatic carbocycles.